The monoisotopic (exact) mass is 280 g/mol. The molecule has 0 aliphatic carbocycles. The van der Waals surface area contributed by atoms with Crippen LogP contribution in [0.4, 0.5) is 5.82 Å². The van der Waals surface area contributed by atoms with E-state index in [0.29, 0.717) is 12.4 Å². The number of rotatable bonds is 3. The first kappa shape index (κ1) is 11.2. The molecule has 0 radical (unpaired) electrons. The fraction of sp³-hybridized carbons (Fsp3) is 0.182. The van der Waals surface area contributed by atoms with E-state index in [9.17, 15) is 0 Å². The number of nitrogens with zero attached hydrogens (tertiary/aromatic N) is 2. The Labute approximate surface area is 102 Å². The van der Waals surface area contributed by atoms with Crippen LogP contribution in [-0.4, -0.2) is 16.3 Å². The average molecular weight is 281 g/mol. The summed E-state index contributed by atoms with van der Waals surface area (Å²) < 4.78 is 2.72. The van der Waals surface area contributed by atoms with Gasteiger partial charge in [-0.15, -0.1) is 0 Å². The van der Waals surface area contributed by atoms with Crippen molar-refractivity contribution in [3.63, 3.8) is 0 Å². The van der Waals surface area contributed by atoms with Crippen molar-refractivity contribution in [1.82, 2.24) is 9.78 Å². The Morgan fingerprint density at radius 3 is 2.88 bits per heavy atom. The van der Waals surface area contributed by atoms with Crippen molar-refractivity contribution in [3.05, 3.63) is 40.5 Å². The molecular weight excluding hydrogens is 268 g/mol. The lowest BCUT2D eigenvalue weighted by molar-refractivity contribution is 0.890. The first-order valence-electron chi connectivity index (χ1n) is 5.00. The Morgan fingerprint density at radius 2 is 2.19 bits per heavy atom. The smallest absolute Gasteiger partial charge is 0.130 e. The number of halogens is 1. The number of benzene rings is 1. The number of aromatic nitrogens is 2. The van der Waals surface area contributed by atoms with Gasteiger partial charge in [0.1, 0.15) is 5.82 Å². The molecule has 1 aromatic carbocycles. The zero-order valence-corrected chi connectivity index (χ0v) is 10.3. The van der Waals surface area contributed by atoms with Gasteiger partial charge in [-0.2, -0.15) is 5.10 Å². The molecule has 0 aliphatic rings. The summed E-state index contributed by atoms with van der Waals surface area (Å²) in [5, 5.41) is 4.26. The molecule has 16 heavy (non-hydrogen) atoms. The summed E-state index contributed by atoms with van der Waals surface area (Å²) in [6.45, 7) is 0.578. The molecule has 0 fully saturated rings. The number of nitrogens with two attached hydrogens (primary N) is 2. The molecule has 4 N–H and O–H groups in total. The van der Waals surface area contributed by atoms with Gasteiger partial charge in [0.2, 0.25) is 0 Å². The predicted octanol–water partition coefficient (Wildman–Crippen LogP) is 1.72. The van der Waals surface area contributed by atoms with Crippen LogP contribution in [0.2, 0.25) is 0 Å². The molecular formula is C11H13BrN4. The van der Waals surface area contributed by atoms with Crippen LogP contribution < -0.4 is 11.5 Å². The van der Waals surface area contributed by atoms with Crippen molar-refractivity contribution in [2.24, 2.45) is 5.73 Å². The fourth-order valence-corrected chi connectivity index (χ4v) is 1.94. The van der Waals surface area contributed by atoms with Crippen molar-refractivity contribution in [3.8, 4) is 5.69 Å². The summed E-state index contributed by atoms with van der Waals surface area (Å²) in [7, 11) is 0. The second kappa shape index (κ2) is 4.67. The maximum Gasteiger partial charge on any atom is 0.130 e. The predicted molar refractivity (Wildman–Crippen MR) is 68.4 cm³/mol. The second-order valence-electron chi connectivity index (χ2n) is 3.49. The molecule has 4 nitrogen and oxygen atoms in total. The Morgan fingerprint density at radius 1 is 1.38 bits per heavy atom. The SMILES string of the molecule is NCCc1cnn(-c2cccc(Br)c2)c1N. The summed E-state index contributed by atoms with van der Waals surface area (Å²) in [6, 6.07) is 7.84. The van der Waals surface area contributed by atoms with E-state index < -0.39 is 0 Å². The fourth-order valence-electron chi connectivity index (χ4n) is 1.55. The van der Waals surface area contributed by atoms with Crippen LogP contribution >= 0.6 is 15.9 Å². The quantitative estimate of drug-likeness (QED) is 0.900. The summed E-state index contributed by atoms with van der Waals surface area (Å²) in [6.07, 6.45) is 2.52. The number of nitrogen functional groups attached to an aromatic ring is 1. The number of hydrogen-bond acceptors (Lipinski definition) is 3. The molecule has 84 valence electrons. The van der Waals surface area contributed by atoms with E-state index in [-0.39, 0.29) is 0 Å². The molecule has 1 aromatic heterocycles. The van der Waals surface area contributed by atoms with E-state index in [1.54, 1.807) is 10.9 Å². The molecule has 0 amide bonds. The van der Waals surface area contributed by atoms with Gasteiger partial charge in [-0.3, -0.25) is 0 Å². The molecule has 2 aromatic rings. The molecule has 1 heterocycles. The van der Waals surface area contributed by atoms with Crippen molar-refractivity contribution in [2.75, 3.05) is 12.3 Å². The van der Waals surface area contributed by atoms with Crippen LogP contribution in [0.1, 0.15) is 5.56 Å². The number of anilines is 1. The third kappa shape index (κ3) is 2.10. The van der Waals surface area contributed by atoms with Gasteiger partial charge in [0.15, 0.2) is 0 Å². The molecule has 0 bridgehead atoms. The van der Waals surface area contributed by atoms with Crippen molar-refractivity contribution in [2.45, 2.75) is 6.42 Å². The van der Waals surface area contributed by atoms with E-state index in [2.05, 4.69) is 21.0 Å². The average Bonchev–Trinajstić information content (AvgIpc) is 2.61. The third-order valence-corrected chi connectivity index (χ3v) is 2.85. The first-order valence-corrected chi connectivity index (χ1v) is 5.80. The van der Waals surface area contributed by atoms with Gasteiger partial charge < -0.3 is 11.5 Å². The standard InChI is InChI=1S/C11H13BrN4/c12-9-2-1-3-10(6-9)16-11(14)8(4-5-13)7-15-16/h1-3,6-7H,4-5,13-14H2. The van der Waals surface area contributed by atoms with E-state index in [0.717, 1.165) is 22.1 Å². The highest BCUT2D eigenvalue weighted by atomic mass is 79.9. The Kier molecular flexibility index (Phi) is 3.26. The highest BCUT2D eigenvalue weighted by Crippen LogP contribution is 2.20. The summed E-state index contributed by atoms with van der Waals surface area (Å²) in [5.41, 5.74) is 13.4. The largest absolute Gasteiger partial charge is 0.383 e. The Bertz CT molecular complexity index is 492. The van der Waals surface area contributed by atoms with Crippen LogP contribution in [0.15, 0.2) is 34.9 Å². The van der Waals surface area contributed by atoms with Crippen molar-refractivity contribution < 1.29 is 0 Å². The van der Waals surface area contributed by atoms with Crippen LogP contribution in [0.3, 0.4) is 0 Å². The lowest BCUT2D eigenvalue weighted by atomic mass is 10.2. The van der Waals surface area contributed by atoms with Gasteiger partial charge >= 0.3 is 0 Å². The van der Waals surface area contributed by atoms with Gasteiger partial charge in [0, 0.05) is 10.0 Å². The minimum Gasteiger partial charge on any atom is -0.383 e. The summed E-state index contributed by atoms with van der Waals surface area (Å²) >= 11 is 3.42. The van der Waals surface area contributed by atoms with E-state index in [4.69, 9.17) is 11.5 Å². The van der Waals surface area contributed by atoms with Gasteiger partial charge in [0.05, 0.1) is 11.9 Å². The van der Waals surface area contributed by atoms with E-state index in [1.807, 2.05) is 24.3 Å². The Hall–Kier alpha value is -1.33. The van der Waals surface area contributed by atoms with Crippen LogP contribution in [0.25, 0.3) is 5.69 Å². The Balaban J connectivity index is 2.41. The zero-order valence-electron chi connectivity index (χ0n) is 8.73. The zero-order chi connectivity index (χ0) is 11.5. The lowest BCUT2D eigenvalue weighted by Crippen LogP contribution is -2.06. The number of hydrogen-bond donors (Lipinski definition) is 2. The maximum atomic E-state index is 6.00. The summed E-state index contributed by atoms with van der Waals surface area (Å²) in [4.78, 5) is 0. The normalized spacial score (nSPS) is 10.6. The van der Waals surface area contributed by atoms with Crippen molar-refractivity contribution >= 4 is 21.7 Å². The highest BCUT2D eigenvalue weighted by Gasteiger charge is 2.08. The van der Waals surface area contributed by atoms with Gasteiger partial charge in [-0.05, 0) is 31.2 Å². The molecule has 0 saturated heterocycles. The minimum atomic E-state index is 0.578. The second-order valence-corrected chi connectivity index (χ2v) is 4.40. The van der Waals surface area contributed by atoms with Crippen molar-refractivity contribution in [1.29, 1.82) is 0 Å². The van der Waals surface area contributed by atoms with E-state index >= 15 is 0 Å². The van der Waals surface area contributed by atoms with E-state index in [1.165, 1.54) is 0 Å². The molecule has 0 unspecified atom stereocenters. The van der Waals surface area contributed by atoms with Crippen LogP contribution in [0.5, 0.6) is 0 Å². The molecule has 0 spiro atoms. The minimum absolute atomic E-state index is 0.578. The molecule has 0 aliphatic heterocycles. The van der Waals surface area contributed by atoms with Crippen LogP contribution in [-0.2, 0) is 6.42 Å². The molecule has 0 atom stereocenters. The molecule has 5 heteroatoms. The maximum absolute atomic E-state index is 6.00. The van der Waals surface area contributed by atoms with Gasteiger partial charge in [-0.25, -0.2) is 4.68 Å². The third-order valence-electron chi connectivity index (χ3n) is 2.35. The molecule has 2 rings (SSSR count). The first-order chi connectivity index (χ1) is 7.72. The topological polar surface area (TPSA) is 69.9 Å². The highest BCUT2D eigenvalue weighted by molar-refractivity contribution is 9.10. The molecule has 0 saturated carbocycles. The van der Waals surface area contributed by atoms with Gasteiger partial charge in [-0.1, -0.05) is 22.0 Å². The lowest BCUT2D eigenvalue weighted by Gasteiger charge is -2.05. The van der Waals surface area contributed by atoms with Gasteiger partial charge in [0.25, 0.3) is 0 Å². The van der Waals surface area contributed by atoms with Crippen LogP contribution in [0, 0.1) is 0 Å². The summed E-state index contributed by atoms with van der Waals surface area (Å²) in [5.74, 6) is 0.656.